The summed E-state index contributed by atoms with van der Waals surface area (Å²) in [7, 11) is -0.952. The molecule has 1 rings (SSSR count). The number of anilines is 1. The van der Waals surface area contributed by atoms with Gasteiger partial charge >= 0.3 is 7.60 Å². The summed E-state index contributed by atoms with van der Waals surface area (Å²) in [5.74, 6) is 0. The summed E-state index contributed by atoms with van der Waals surface area (Å²) in [5, 5.41) is 0. The van der Waals surface area contributed by atoms with Gasteiger partial charge in [-0.1, -0.05) is 12.1 Å². The second kappa shape index (κ2) is 7.82. The fourth-order valence-electron chi connectivity index (χ4n) is 1.88. The Labute approximate surface area is 122 Å². The summed E-state index contributed by atoms with van der Waals surface area (Å²) in [6, 6.07) is 8.49. The van der Waals surface area contributed by atoms with Gasteiger partial charge in [-0.3, -0.25) is 4.57 Å². The van der Waals surface area contributed by atoms with E-state index in [4.69, 9.17) is 9.05 Å². The summed E-state index contributed by atoms with van der Waals surface area (Å²) in [6.45, 7) is 8.73. The second-order valence-corrected chi connectivity index (χ2v) is 7.03. The first-order valence-electron chi connectivity index (χ1n) is 7.11. The van der Waals surface area contributed by atoms with E-state index in [0.717, 1.165) is 11.3 Å². The van der Waals surface area contributed by atoms with Crippen LogP contribution in [0.5, 0.6) is 0 Å². The van der Waals surface area contributed by atoms with E-state index in [1.54, 1.807) is 0 Å². The third-order valence-electron chi connectivity index (χ3n) is 3.15. The van der Waals surface area contributed by atoms with Crippen LogP contribution in [0.25, 0.3) is 0 Å². The highest BCUT2D eigenvalue weighted by Gasteiger charge is 2.23. The average molecular weight is 299 g/mol. The average Bonchev–Trinajstić information content (AvgIpc) is 2.39. The van der Waals surface area contributed by atoms with Gasteiger partial charge in [0.05, 0.1) is 19.4 Å². The molecule has 0 aliphatic rings. The smallest absolute Gasteiger partial charge is 0.335 e. The predicted octanol–water partition coefficient (Wildman–Crippen LogP) is 4.30. The molecular weight excluding hydrogens is 273 g/mol. The number of rotatable bonds is 8. The Bertz CT molecular complexity index is 435. The molecule has 114 valence electrons. The van der Waals surface area contributed by atoms with Crippen molar-refractivity contribution in [3.63, 3.8) is 0 Å². The van der Waals surface area contributed by atoms with E-state index in [-0.39, 0.29) is 0 Å². The Morgan fingerprint density at radius 2 is 1.60 bits per heavy atom. The van der Waals surface area contributed by atoms with Crippen molar-refractivity contribution in [1.82, 2.24) is 0 Å². The molecule has 20 heavy (non-hydrogen) atoms. The van der Waals surface area contributed by atoms with Crippen LogP contribution in [-0.2, 0) is 19.8 Å². The van der Waals surface area contributed by atoms with Crippen molar-refractivity contribution in [2.24, 2.45) is 0 Å². The second-order valence-electron chi connectivity index (χ2n) is 4.98. The maximum Gasteiger partial charge on any atom is 0.335 e. The van der Waals surface area contributed by atoms with Gasteiger partial charge in [-0.25, -0.2) is 0 Å². The van der Waals surface area contributed by atoms with Crippen LogP contribution in [0.2, 0.25) is 0 Å². The van der Waals surface area contributed by atoms with Gasteiger partial charge in [0.1, 0.15) is 0 Å². The molecule has 0 N–H and O–H groups in total. The van der Waals surface area contributed by atoms with Gasteiger partial charge < -0.3 is 13.9 Å². The van der Waals surface area contributed by atoms with Crippen LogP contribution in [0, 0.1) is 0 Å². The van der Waals surface area contributed by atoms with Crippen molar-refractivity contribution in [1.29, 1.82) is 0 Å². The molecule has 1 aromatic rings. The highest BCUT2D eigenvalue weighted by molar-refractivity contribution is 7.53. The number of benzene rings is 1. The summed E-state index contributed by atoms with van der Waals surface area (Å²) in [5.41, 5.74) is 2.11. The Morgan fingerprint density at radius 1 is 1.10 bits per heavy atom. The van der Waals surface area contributed by atoms with E-state index in [9.17, 15) is 4.57 Å². The van der Waals surface area contributed by atoms with Crippen LogP contribution in [0.1, 0.15) is 33.3 Å². The van der Waals surface area contributed by atoms with Gasteiger partial charge in [0.15, 0.2) is 0 Å². The summed E-state index contributed by atoms with van der Waals surface area (Å²) < 4.78 is 23.1. The molecular formula is C15H26NO3P. The monoisotopic (exact) mass is 299 g/mol. The maximum absolute atomic E-state index is 12.5. The molecule has 0 aliphatic carbocycles. The molecule has 0 spiro atoms. The van der Waals surface area contributed by atoms with Gasteiger partial charge in [0, 0.05) is 18.8 Å². The van der Waals surface area contributed by atoms with E-state index in [1.807, 2.05) is 38.1 Å². The zero-order valence-electron chi connectivity index (χ0n) is 13.1. The van der Waals surface area contributed by atoms with Crippen LogP contribution in [0.3, 0.4) is 0 Å². The van der Waals surface area contributed by atoms with E-state index < -0.39 is 7.60 Å². The minimum Gasteiger partial charge on any atom is -0.372 e. The van der Waals surface area contributed by atoms with E-state index in [1.165, 1.54) is 0 Å². The SMILES string of the molecule is CCOP(=O)(Cc1ccc(N(C)C(C)C)cc1)OCC. The lowest BCUT2D eigenvalue weighted by atomic mass is 10.2. The maximum atomic E-state index is 12.5. The summed E-state index contributed by atoms with van der Waals surface area (Å²) >= 11 is 0. The van der Waals surface area contributed by atoms with Gasteiger partial charge in [-0.05, 0) is 45.4 Å². The van der Waals surface area contributed by atoms with Gasteiger partial charge in [-0.15, -0.1) is 0 Å². The van der Waals surface area contributed by atoms with Crippen LogP contribution >= 0.6 is 7.60 Å². The van der Waals surface area contributed by atoms with Crippen LogP contribution < -0.4 is 4.90 Å². The standard InChI is InChI=1S/C15H26NO3P/c1-6-18-20(17,19-7-2)12-14-8-10-15(11-9-14)16(5)13(3)4/h8-11,13H,6-7,12H2,1-5H3. The predicted molar refractivity (Wildman–Crippen MR) is 84.5 cm³/mol. The molecule has 0 aromatic heterocycles. The van der Waals surface area contributed by atoms with Gasteiger partial charge in [-0.2, -0.15) is 0 Å². The molecule has 0 aliphatic heterocycles. The first-order valence-corrected chi connectivity index (χ1v) is 8.84. The third-order valence-corrected chi connectivity index (χ3v) is 5.20. The fraction of sp³-hybridized carbons (Fsp3) is 0.600. The van der Waals surface area contributed by atoms with Crippen molar-refractivity contribution in [3.8, 4) is 0 Å². The van der Waals surface area contributed by atoms with Crippen molar-refractivity contribution in [2.45, 2.75) is 39.9 Å². The highest BCUT2D eigenvalue weighted by atomic mass is 31.2. The molecule has 4 nitrogen and oxygen atoms in total. The molecule has 0 amide bonds. The summed E-state index contributed by atoms with van der Waals surface area (Å²) in [6.07, 6.45) is 0.320. The molecule has 0 saturated carbocycles. The Morgan fingerprint density at radius 3 is 2.00 bits per heavy atom. The topological polar surface area (TPSA) is 38.8 Å². The van der Waals surface area contributed by atoms with Crippen LogP contribution in [-0.4, -0.2) is 26.3 Å². The fourth-order valence-corrected chi connectivity index (χ4v) is 3.58. The molecule has 1 aromatic carbocycles. The Balaban J connectivity index is 2.80. The Hall–Kier alpha value is -0.830. The zero-order chi connectivity index (χ0) is 15.2. The quantitative estimate of drug-likeness (QED) is 0.671. The van der Waals surface area contributed by atoms with Crippen molar-refractivity contribution < 1.29 is 13.6 Å². The lowest BCUT2D eigenvalue weighted by Crippen LogP contribution is -2.25. The Kier molecular flexibility index (Phi) is 6.74. The zero-order valence-corrected chi connectivity index (χ0v) is 14.0. The first-order chi connectivity index (χ1) is 9.41. The van der Waals surface area contributed by atoms with E-state index in [2.05, 4.69) is 25.8 Å². The van der Waals surface area contributed by atoms with Crippen molar-refractivity contribution in [3.05, 3.63) is 29.8 Å². The van der Waals surface area contributed by atoms with Gasteiger partial charge in [0.2, 0.25) is 0 Å². The largest absolute Gasteiger partial charge is 0.372 e. The van der Waals surface area contributed by atoms with E-state index >= 15 is 0 Å². The lowest BCUT2D eigenvalue weighted by molar-refractivity contribution is 0.219. The molecule has 0 unspecified atom stereocenters. The highest BCUT2D eigenvalue weighted by Crippen LogP contribution is 2.51. The third kappa shape index (κ3) is 4.93. The minimum absolute atomic E-state index is 0.320. The molecule has 0 bridgehead atoms. The van der Waals surface area contributed by atoms with Crippen molar-refractivity contribution >= 4 is 13.3 Å². The normalized spacial score (nSPS) is 11.9. The number of hydrogen-bond acceptors (Lipinski definition) is 4. The van der Waals surface area contributed by atoms with Gasteiger partial charge in [0.25, 0.3) is 0 Å². The van der Waals surface area contributed by atoms with Crippen LogP contribution in [0.15, 0.2) is 24.3 Å². The lowest BCUT2D eigenvalue weighted by Gasteiger charge is -2.24. The first kappa shape index (κ1) is 17.2. The molecule has 0 radical (unpaired) electrons. The number of hydrogen-bond donors (Lipinski definition) is 0. The van der Waals surface area contributed by atoms with E-state index in [0.29, 0.717) is 25.4 Å². The number of nitrogens with zero attached hydrogens (tertiary/aromatic N) is 1. The molecule has 0 fully saturated rings. The van der Waals surface area contributed by atoms with Crippen LogP contribution in [0.4, 0.5) is 5.69 Å². The molecule has 0 atom stereocenters. The molecule has 0 heterocycles. The van der Waals surface area contributed by atoms with Crippen molar-refractivity contribution in [2.75, 3.05) is 25.2 Å². The minimum atomic E-state index is -3.01. The molecule has 5 heteroatoms. The molecule has 0 saturated heterocycles. The summed E-state index contributed by atoms with van der Waals surface area (Å²) in [4.78, 5) is 2.19.